The van der Waals surface area contributed by atoms with E-state index in [4.69, 9.17) is 4.74 Å². The molecule has 0 bridgehead atoms. The summed E-state index contributed by atoms with van der Waals surface area (Å²) in [5, 5.41) is 0.946. The van der Waals surface area contributed by atoms with E-state index >= 15 is 0 Å². The summed E-state index contributed by atoms with van der Waals surface area (Å²) in [7, 11) is -3.12. The van der Waals surface area contributed by atoms with Gasteiger partial charge in [0.2, 0.25) is 10.0 Å². The van der Waals surface area contributed by atoms with Crippen molar-refractivity contribution in [1.82, 2.24) is 9.21 Å². The summed E-state index contributed by atoms with van der Waals surface area (Å²) in [5.41, 5.74) is 1.13. The van der Waals surface area contributed by atoms with Crippen molar-refractivity contribution in [3.8, 4) is 5.06 Å². The maximum atomic E-state index is 12.4. The summed E-state index contributed by atoms with van der Waals surface area (Å²) in [5.74, 6) is 0.267. The van der Waals surface area contributed by atoms with Crippen molar-refractivity contribution in [2.75, 3.05) is 38.5 Å². The zero-order valence-electron chi connectivity index (χ0n) is 15.9. The largest absolute Gasteiger partial charge is 0.484 e. The molecule has 1 aromatic heterocycles. The fraction of sp³-hybridized carbons (Fsp3) is 0.789. The van der Waals surface area contributed by atoms with Gasteiger partial charge in [-0.2, -0.15) is 4.31 Å². The first-order valence-electron chi connectivity index (χ1n) is 10.0. The highest BCUT2D eigenvalue weighted by molar-refractivity contribution is 7.89. The van der Waals surface area contributed by atoms with Gasteiger partial charge in [0, 0.05) is 24.5 Å². The molecule has 0 unspecified atom stereocenters. The van der Waals surface area contributed by atoms with E-state index in [0.717, 1.165) is 49.5 Å². The number of fused-ring (bicyclic) bond motifs is 1. The van der Waals surface area contributed by atoms with Crippen LogP contribution >= 0.6 is 11.3 Å². The fourth-order valence-electron chi connectivity index (χ4n) is 3.69. The first kappa shape index (κ1) is 20.1. The third kappa shape index (κ3) is 5.44. The molecule has 2 aliphatic heterocycles. The maximum absolute atomic E-state index is 12.4. The van der Waals surface area contributed by atoms with E-state index in [1.807, 2.05) is 6.92 Å². The first-order chi connectivity index (χ1) is 12.6. The van der Waals surface area contributed by atoms with E-state index in [1.165, 1.54) is 37.2 Å². The molecule has 148 valence electrons. The number of hydrogen-bond acceptors (Lipinski definition) is 5. The van der Waals surface area contributed by atoms with Crippen LogP contribution in [0.25, 0.3) is 0 Å². The van der Waals surface area contributed by atoms with Crippen molar-refractivity contribution < 1.29 is 13.2 Å². The lowest BCUT2D eigenvalue weighted by Crippen LogP contribution is -2.36. The van der Waals surface area contributed by atoms with Gasteiger partial charge in [0.25, 0.3) is 0 Å². The Morgan fingerprint density at radius 1 is 1.15 bits per heavy atom. The molecule has 0 aromatic carbocycles. The third-order valence-electron chi connectivity index (χ3n) is 5.27. The van der Waals surface area contributed by atoms with Crippen LogP contribution in [-0.2, 0) is 23.0 Å². The van der Waals surface area contributed by atoms with Gasteiger partial charge in [-0.1, -0.05) is 19.8 Å². The summed E-state index contributed by atoms with van der Waals surface area (Å²) < 4.78 is 32.4. The van der Waals surface area contributed by atoms with Crippen LogP contribution in [0.2, 0.25) is 0 Å². The molecule has 0 N–H and O–H groups in total. The SMILES string of the molecule is CCCCS(=O)(=O)N1CCc2sc(OCCCN3CCCCC3)cc2C1. The number of piperidine rings is 1. The molecular weight excluding hydrogens is 368 g/mol. The molecule has 0 atom stereocenters. The van der Waals surface area contributed by atoms with Gasteiger partial charge < -0.3 is 9.64 Å². The van der Waals surface area contributed by atoms with Crippen LogP contribution in [0.3, 0.4) is 0 Å². The summed E-state index contributed by atoms with van der Waals surface area (Å²) in [6.45, 7) is 7.47. The minimum absolute atomic E-state index is 0.267. The van der Waals surface area contributed by atoms with Crippen LogP contribution in [0.1, 0.15) is 55.9 Å². The number of thiophene rings is 1. The maximum Gasteiger partial charge on any atom is 0.214 e. The molecule has 1 fully saturated rings. The monoisotopic (exact) mass is 400 g/mol. The molecule has 1 aromatic rings. The number of rotatable bonds is 9. The van der Waals surface area contributed by atoms with Gasteiger partial charge in [-0.25, -0.2) is 8.42 Å². The second-order valence-electron chi connectivity index (χ2n) is 7.37. The second-order valence-corrected chi connectivity index (χ2v) is 10.6. The predicted molar refractivity (Wildman–Crippen MR) is 108 cm³/mol. The van der Waals surface area contributed by atoms with Crippen LogP contribution < -0.4 is 4.74 Å². The molecule has 2 aliphatic rings. The number of sulfonamides is 1. The molecule has 1 saturated heterocycles. The molecule has 5 nitrogen and oxygen atoms in total. The third-order valence-corrected chi connectivity index (χ3v) is 8.32. The van der Waals surface area contributed by atoms with Crippen LogP contribution in [0.4, 0.5) is 0 Å². The molecule has 0 aliphatic carbocycles. The van der Waals surface area contributed by atoms with Crippen LogP contribution in [0.5, 0.6) is 5.06 Å². The Hall–Kier alpha value is -0.630. The van der Waals surface area contributed by atoms with Crippen molar-refractivity contribution in [2.45, 2.75) is 58.4 Å². The quantitative estimate of drug-likeness (QED) is 0.596. The van der Waals surface area contributed by atoms with Crippen molar-refractivity contribution in [1.29, 1.82) is 0 Å². The van der Waals surface area contributed by atoms with E-state index in [-0.39, 0.29) is 5.75 Å². The second kappa shape index (κ2) is 9.53. The number of hydrogen-bond donors (Lipinski definition) is 0. The van der Waals surface area contributed by atoms with Crippen molar-refractivity contribution >= 4 is 21.4 Å². The predicted octanol–water partition coefficient (Wildman–Crippen LogP) is 3.49. The van der Waals surface area contributed by atoms with Gasteiger partial charge in [-0.15, -0.1) is 11.3 Å². The van der Waals surface area contributed by atoms with E-state index in [0.29, 0.717) is 13.1 Å². The standard InChI is InChI=1S/C19H32N2O3S2/c1-2-3-14-26(22,23)21-12-8-18-17(16-21)15-19(25-18)24-13-7-11-20-9-5-4-6-10-20/h15H,2-14,16H2,1H3. The van der Waals surface area contributed by atoms with Crippen LogP contribution in [0, 0.1) is 0 Å². The molecule has 26 heavy (non-hydrogen) atoms. The lowest BCUT2D eigenvalue weighted by Gasteiger charge is -2.26. The number of likely N-dealkylation sites (tertiary alicyclic amines) is 1. The molecule has 3 rings (SSSR count). The molecule has 7 heteroatoms. The van der Waals surface area contributed by atoms with Crippen LogP contribution in [-0.4, -0.2) is 56.2 Å². The van der Waals surface area contributed by atoms with Gasteiger partial charge in [0.1, 0.15) is 0 Å². The topological polar surface area (TPSA) is 49.9 Å². The Kier molecular flexibility index (Phi) is 7.37. The van der Waals surface area contributed by atoms with Crippen molar-refractivity contribution in [3.05, 3.63) is 16.5 Å². The first-order valence-corrected chi connectivity index (χ1v) is 12.5. The summed E-state index contributed by atoms with van der Waals surface area (Å²) in [6.07, 6.45) is 7.54. The molecule has 0 spiro atoms. The average Bonchev–Trinajstić information content (AvgIpc) is 3.06. The molecule has 0 radical (unpaired) electrons. The molecular formula is C19H32N2O3S2. The van der Waals surface area contributed by atoms with Gasteiger partial charge in [-0.05, 0) is 56.8 Å². The van der Waals surface area contributed by atoms with Gasteiger partial charge in [0.15, 0.2) is 5.06 Å². The van der Waals surface area contributed by atoms with Gasteiger partial charge in [0.05, 0.1) is 12.4 Å². The summed E-state index contributed by atoms with van der Waals surface area (Å²) in [6, 6.07) is 2.06. The Morgan fingerprint density at radius 2 is 1.96 bits per heavy atom. The van der Waals surface area contributed by atoms with Crippen molar-refractivity contribution in [3.63, 3.8) is 0 Å². The highest BCUT2D eigenvalue weighted by atomic mass is 32.2. The smallest absolute Gasteiger partial charge is 0.214 e. The van der Waals surface area contributed by atoms with Gasteiger partial charge in [-0.3, -0.25) is 0 Å². The molecule has 3 heterocycles. The highest BCUT2D eigenvalue weighted by Crippen LogP contribution is 2.34. The minimum Gasteiger partial charge on any atom is -0.484 e. The zero-order chi connectivity index (χ0) is 18.4. The number of unbranched alkanes of at least 4 members (excludes halogenated alkanes) is 1. The Balaban J connectivity index is 1.46. The average molecular weight is 401 g/mol. The van der Waals surface area contributed by atoms with E-state index < -0.39 is 10.0 Å². The Labute approximate surface area is 162 Å². The van der Waals surface area contributed by atoms with E-state index in [2.05, 4.69) is 11.0 Å². The normalized spacial score (nSPS) is 19.4. The van der Waals surface area contributed by atoms with E-state index in [1.54, 1.807) is 15.6 Å². The molecule has 0 saturated carbocycles. The Morgan fingerprint density at radius 3 is 2.73 bits per heavy atom. The number of ether oxygens (including phenoxy) is 1. The summed E-state index contributed by atoms with van der Waals surface area (Å²) >= 11 is 1.69. The van der Waals surface area contributed by atoms with Crippen LogP contribution in [0.15, 0.2) is 6.07 Å². The van der Waals surface area contributed by atoms with Crippen molar-refractivity contribution in [2.24, 2.45) is 0 Å². The van der Waals surface area contributed by atoms with E-state index in [9.17, 15) is 8.42 Å². The zero-order valence-corrected chi connectivity index (χ0v) is 17.5. The Bertz CT molecular complexity index is 666. The van der Waals surface area contributed by atoms with Gasteiger partial charge >= 0.3 is 0 Å². The fourth-order valence-corrected chi connectivity index (χ4v) is 6.34. The number of nitrogens with zero attached hydrogens (tertiary/aromatic N) is 2. The summed E-state index contributed by atoms with van der Waals surface area (Å²) in [4.78, 5) is 3.82. The molecule has 0 amide bonds. The highest BCUT2D eigenvalue weighted by Gasteiger charge is 2.27. The minimum atomic E-state index is -3.12. The lowest BCUT2D eigenvalue weighted by atomic mass is 10.1. The lowest BCUT2D eigenvalue weighted by molar-refractivity contribution is 0.206.